The van der Waals surface area contributed by atoms with Gasteiger partial charge in [-0.1, -0.05) is 25.5 Å². The summed E-state index contributed by atoms with van der Waals surface area (Å²) < 4.78 is 0. The van der Waals surface area contributed by atoms with Gasteiger partial charge in [0.2, 0.25) is 0 Å². The van der Waals surface area contributed by atoms with Crippen LogP contribution >= 0.6 is 0 Å². The van der Waals surface area contributed by atoms with Gasteiger partial charge in [-0.25, -0.2) is 0 Å². The number of likely N-dealkylation sites (tertiary alicyclic amines) is 1. The number of aliphatic hydroxyl groups is 2. The van der Waals surface area contributed by atoms with Crippen LogP contribution in [0.2, 0.25) is 0 Å². The molecule has 6 aliphatic carbocycles. The summed E-state index contributed by atoms with van der Waals surface area (Å²) in [6.45, 7) is 9.11. The first-order valence-electron chi connectivity index (χ1n) is 10.7. The van der Waals surface area contributed by atoms with E-state index < -0.39 is 0 Å². The Morgan fingerprint density at radius 2 is 2.12 bits per heavy atom. The van der Waals surface area contributed by atoms with Crippen LogP contribution in [-0.2, 0) is 0 Å². The second kappa shape index (κ2) is 4.54. The fraction of sp³-hybridized carbons (Fsp3) is 0.909. The molecule has 7 aliphatic rings. The smallest absolute Gasteiger partial charge is 0.0585 e. The fourth-order valence-electron chi connectivity index (χ4n) is 10.2. The lowest BCUT2D eigenvalue weighted by atomic mass is 9.39. The number of allylic oxidation sites excluding steroid dienone is 1. The molecule has 3 nitrogen and oxygen atoms in total. The third-order valence-electron chi connectivity index (χ3n) is 10.2. The number of hydrogen-bond donors (Lipinski definition) is 2. The zero-order valence-corrected chi connectivity index (χ0v) is 15.6. The molecule has 6 saturated carbocycles. The Morgan fingerprint density at radius 1 is 1.28 bits per heavy atom. The van der Waals surface area contributed by atoms with E-state index >= 15 is 0 Å². The van der Waals surface area contributed by atoms with Crippen molar-refractivity contribution in [1.29, 1.82) is 0 Å². The van der Waals surface area contributed by atoms with Crippen LogP contribution in [0.15, 0.2) is 12.2 Å². The summed E-state index contributed by atoms with van der Waals surface area (Å²) in [6, 6.07) is 0.610. The van der Waals surface area contributed by atoms with Crippen molar-refractivity contribution in [3.8, 4) is 0 Å². The molecule has 0 radical (unpaired) electrons. The van der Waals surface area contributed by atoms with Crippen LogP contribution in [0.3, 0.4) is 0 Å². The van der Waals surface area contributed by atoms with E-state index in [1.165, 1.54) is 44.1 Å². The van der Waals surface area contributed by atoms with Gasteiger partial charge in [-0.05, 0) is 78.4 Å². The maximum atomic E-state index is 11.4. The summed E-state index contributed by atoms with van der Waals surface area (Å²) in [5.41, 5.74) is 2.36. The van der Waals surface area contributed by atoms with Crippen molar-refractivity contribution in [2.24, 2.45) is 39.9 Å². The molecule has 6 bridgehead atoms. The molecule has 2 spiro atoms. The van der Waals surface area contributed by atoms with Gasteiger partial charge in [0.05, 0.1) is 12.7 Å². The van der Waals surface area contributed by atoms with Gasteiger partial charge in [0.1, 0.15) is 0 Å². The zero-order chi connectivity index (χ0) is 17.2. The molecule has 138 valence electrons. The van der Waals surface area contributed by atoms with Gasteiger partial charge in [0.15, 0.2) is 0 Å². The molecule has 7 fully saturated rings. The van der Waals surface area contributed by atoms with Crippen LogP contribution in [0, 0.1) is 39.9 Å². The van der Waals surface area contributed by atoms with Gasteiger partial charge >= 0.3 is 0 Å². The number of β-amino-alcohol motifs (C(OH)–C–C–N with tert-alkyl or cyclic N) is 1. The summed E-state index contributed by atoms with van der Waals surface area (Å²) in [5.74, 6) is 2.75. The maximum Gasteiger partial charge on any atom is 0.0585 e. The molecule has 0 aromatic carbocycles. The normalized spacial score (nSPS) is 61.6. The fourth-order valence-corrected chi connectivity index (χ4v) is 10.2. The molecular weight excluding hydrogens is 310 g/mol. The molecule has 0 amide bonds. The van der Waals surface area contributed by atoms with E-state index in [1.54, 1.807) is 0 Å². The number of hydrogen-bond acceptors (Lipinski definition) is 3. The summed E-state index contributed by atoms with van der Waals surface area (Å²) in [6.07, 6.45) is 8.65. The van der Waals surface area contributed by atoms with E-state index in [9.17, 15) is 10.2 Å². The lowest BCUT2D eigenvalue weighted by molar-refractivity contribution is -0.223. The van der Waals surface area contributed by atoms with Gasteiger partial charge in [-0.3, -0.25) is 4.90 Å². The predicted molar refractivity (Wildman–Crippen MR) is 96.8 cm³/mol. The van der Waals surface area contributed by atoms with Crippen LogP contribution in [0.25, 0.3) is 0 Å². The molecule has 25 heavy (non-hydrogen) atoms. The van der Waals surface area contributed by atoms with E-state index in [-0.39, 0.29) is 18.1 Å². The molecule has 1 saturated heterocycles. The van der Waals surface area contributed by atoms with Crippen molar-refractivity contribution in [3.63, 3.8) is 0 Å². The highest BCUT2D eigenvalue weighted by Gasteiger charge is 2.81. The highest BCUT2D eigenvalue weighted by Crippen LogP contribution is 2.82. The van der Waals surface area contributed by atoms with Gasteiger partial charge in [-0.2, -0.15) is 0 Å². The van der Waals surface area contributed by atoms with Crippen LogP contribution in [0.1, 0.15) is 51.9 Å². The lowest BCUT2D eigenvalue weighted by Crippen LogP contribution is -2.69. The maximum absolute atomic E-state index is 11.4. The van der Waals surface area contributed by atoms with Crippen molar-refractivity contribution in [1.82, 2.24) is 4.90 Å². The standard InChI is InChI=1S/C22H33NO2/c1-13-10-21-11-16(25)18-20(2)4-3-5-22(18)17(21)9-14(13)8-15(21)19(22)23(12-20)6-7-24/h14-19,24-25H,1,3-12H2,2H3/t14?,15?,16-,17?,18?,19?,20-,21?,22?/m0/s1. The highest BCUT2D eigenvalue weighted by atomic mass is 16.3. The zero-order valence-electron chi connectivity index (χ0n) is 15.6. The van der Waals surface area contributed by atoms with Gasteiger partial charge in [-0.15, -0.1) is 0 Å². The van der Waals surface area contributed by atoms with E-state index in [1.807, 2.05) is 0 Å². The first kappa shape index (κ1) is 15.7. The first-order valence-corrected chi connectivity index (χ1v) is 10.7. The number of rotatable bonds is 2. The number of aliphatic hydroxyl groups excluding tert-OH is 2. The van der Waals surface area contributed by atoms with Crippen molar-refractivity contribution < 1.29 is 10.2 Å². The molecule has 7 unspecified atom stereocenters. The van der Waals surface area contributed by atoms with E-state index in [2.05, 4.69) is 18.4 Å². The van der Waals surface area contributed by atoms with Crippen molar-refractivity contribution in [2.45, 2.75) is 64.0 Å². The third-order valence-corrected chi connectivity index (χ3v) is 10.2. The minimum absolute atomic E-state index is 0.118. The van der Waals surface area contributed by atoms with Crippen molar-refractivity contribution in [2.75, 3.05) is 19.7 Å². The molecule has 0 aromatic heterocycles. The quantitative estimate of drug-likeness (QED) is 0.758. The second-order valence-electron chi connectivity index (χ2n) is 10.9. The Hall–Kier alpha value is -0.380. The third kappa shape index (κ3) is 1.51. The predicted octanol–water partition coefficient (Wildman–Crippen LogP) is 2.82. The van der Waals surface area contributed by atoms with E-state index in [0.29, 0.717) is 22.8 Å². The Morgan fingerprint density at radius 3 is 2.92 bits per heavy atom. The van der Waals surface area contributed by atoms with Gasteiger partial charge < -0.3 is 10.2 Å². The summed E-state index contributed by atoms with van der Waals surface area (Å²) >= 11 is 0. The average molecular weight is 344 g/mol. The number of piperidine rings is 1. The van der Waals surface area contributed by atoms with E-state index in [4.69, 9.17) is 0 Å². The highest BCUT2D eigenvalue weighted by molar-refractivity contribution is 5.34. The first-order chi connectivity index (χ1) is 12.0. The average Bonchev–Trinajstić information content (AvgIpc) is 2.64. The Balaban J connectivity index is 1.59. The molecular formula is C22H33NO2. The molecule has 1 aliphatic heterocycles. The van der Waals surface area contributed by atoms with Crippen molar-refractivity contribution in [3.05, 3.63) is 12.2 Å². The monoisotopic (exact) mass is 343 g/mol. The molecule has 7 rings (SSSR count). The Kier molecular flexibility index (Phi) is 2.84. The molecule has 3 heteroatoms. The molecule has 0 aromatic rings. The van der Waals surface area contributed by atoms with Crippen LogP contribution in [-0.4, -0.2) is 47.0 Å². The molecule has 2 N–H and O–H groups in total. The van der Waals surface area contributed by atoms with E-state index in [0.717, 1.165) is 37.3 Å². The van der Waals surface area contributed by atoms with Gasteiger partial charge in [0.25, 0.3) is 0 Å². The molecule has 1 heterocycles. The lowest BCUT2D eigenvalue weighted by Gasteiger charge is -2.68. The summed E-state index contributed by atoms with van der Waals surface area (Å²) in [5, 5.41) is 21.2. The second-order valence-corrected chi connectivity index (χ2v) is 10.9. The minimum atomic E-state index is -0.118. The topological polar surface area (TPSA) is 43.7 Å². The number of fused-ring (bicyclic) bond motifs is 1. The summed E-state index contributed by atoms with van der Waals surface area (Å²) in [4.78, 5) is 2.70. The minimum Gasteiger partial charge on any atom is -0.395 e. The van der Waals surface area contributed by atoms with Crippen LogP contribution in [0.4, 0.5) is 0 Å². The number of nitrogens with zero attached hydrogens (tertiary/aromatic N) is 1. The van der Waals surface area contributed by atoms with Gasteiger partial charge in [0, 0.05) is 19.1 Å². The largest absolute Gasteiger partial charge is 0.395 e. The van der Waals surface area contributed by atoms with Crippen LogP contribution in [0.5, 0.6) is 0 Å². The SMILES string of the molecule is C=C1CC23C[C@H](O)C4C56CCC[C@@]4(C)CN(CCO)C5C2CC1CC36. The Bertz CT molecular complexity index is 648. The van der Waals surface area contributed by atoms with Crippen molar-refractivity contribution >= 4 is 0 Å². The van der Waals surface area contributed by atoms with Crippen LogP contribution < -0.4 is 0 Å². The molecule has 9 atom stereocenters. The summed E-state index contributed by atoms with van der Waals surface area (Å²) in [7, 11) is 0. The Labute approximate surface area is 151 Å².